The van der Waals surface area contributed by atoms with Gasteiger partial charge in [0.2, 0.25) is 0 Å². The lowest BCUT2D eigenvalue weighted by Crippen LogP contribution is -2.40. The van der Waals surface area contributed by atoms with E-state index >= 15 is 0 Å². The second kappa shape index (κ2) is 9.67. The summed E-state index contributed by atoms with van der Waals surface area (Å²) in [4.78, 5) is 0.0264. The summed E-state index contributed by atoms with van der Waals surface area (Å²) < 4.78 is 65.4. The molecule has 0 aliphatic heterocycles. The van der Waals surface area contributed by atoms with E-state index in [4.69, 9.17) is 6.42 Å². The summed E-state index contributed by atoms with van der Waals surface area (Å²) in [7, 11) is 0. The summed E-state index contributed by atoms with van der Waals surface area (Å²) in [5, 5.41) is 12.7. The van der Waals surface area contributed by atoms with Gasteiger partial charge in [0, 0.05) is 28.6 Å². The van der Waals surface area contributed by atoms with E-state index in [-0.39, 0.29) is 35.1 Å². The molecule has 8 heteroatoms. The van der Waals surface area contributed by atoms with Crippen molar-refractivity contribution in [2.45, 2.75) is 48.6 Å². The molecule has 0 aliphatic carbocycles. The molecule has 0 bridgehead atoms. The van der Waals surface area contributed by atoms with Crippen molar-refractivity contribution < 1.29 is 22.0 Å². The van der Waals surface area contributed by atoms with Crippen molar-refractivity contribution in [3.8, 4) is 18.4 Å². The van der Waals surface area contributed by atoms with Gasteiger partial charge in [-0.1, -0.05) is 30.7 Å². The molecule has 0 aromatic heterocycles. The Hall–Kier alpha value is -2.97. The predicted octanol–water partition coefficient (Wildman–Crippen LogP) is 6.87. The van der Waals surface area contributed by atoms with Crippen LogP contribution in [0.1, 0.15) is 42.5 Å². The first-order chi connectivity index (χ1) is 14.8. The molecule has 1 N–H and O–H groups in total. The lowest BCUT2D eigenvalue weighted by atomic mass is 9.90. The number of terminal acetylenes is 1. The van der Waals surface area contributed by atoms with Crippen LogP contribution in [0.3, 0.4) is 0 Å². The Morgan fingerprint density at radius 3 is 2.22 bits per heavy atom. The van der Waals surface area contributed by atoms with Crippen LogP contribution in [0.25, 0.3) is 5.70 Å². The van der Waals surface area contributed by atoms with Crippen molar-refractivity contribution in [1.29, 1.82) is 5.26 Å². The van der Waals surface area contributed by atoms with E-state index in [1.54, 1.807) is 6.92 Å². The van der Waals surface area contributed by atoms with Crippen molar-refractivity contribution in [3.05, 3.63) is 71.3 Å². The van der Waals surface area contributed by atoms with Gasteiger partial charge in [-0.15, -0.1) is 6.42 Å². The molecule has 0 saturated carbocycles. The summed E-state index contributed by atoms with van der Waals surface area (Å²) in [6, 6.07) is 11.9. The van der Waals surface area contributed by atoms with E-state index < -0.39 is 17.0 Å². The lowest BCUT2D eigenvalue weighted by Gasteiger charge is -2.27. The Morgan fingerprint density at radius 2 is 1.72 bits per heavy atom. The maximum absolute atomic E-state index is 14.0. The number of hydrogen-bond donors (Lipinski definition) is 1. The van der Waals surface area contributed by atoms with Gasteiger partial charge in [0.05, 0.1) is 6.07 Å². The first-order valence-corrected chi connectivity index (χ1v) is 10.3. The Labute approximate surface area is 188 Å². The van der Waals surface area contributed by atoms with Crippen LogP contribution in [0.15, 0.2) is 53.9 Å². The highest BCUT2D eigenvalue weighted by atomic mass is 32.2. The van der Waals surface area contributed by atoms with Gasteiger partial charge in [-0.2, -0.15) is 18.4 Å². The van der Waals surface area contributed by atoms with Gasteiger partial charge in [-0.3, -0.25) is 0 Å². The molecular weight excluding hydrogens is 443 g/mol. The van der Waals surface area contributed by atoms with Crippen molar-refractivity contribution >= 4 is 17.5 Å². The molecule has 2 nitrogen and oxygen atoms in total. The monoisotopic (exact) mass is 464 g/mol. The fraction of sp³-hybridized carbons (Fsp3) is 0.292. The van der Waals surface area contributed by atoms with E-state index in [1.165, 1.54) is 42.5 Å². The topological polar surface area (TPSA) is 35.8 Å². The van der Waals surface area contributed by atoms with Gasteiger partial charge >= 0.3 is 5.51 Å². The largest absolute Gasteiger partial charge is 0.446 e. The van der Waals surface area contributed by atoms with Crippen LogP contribution in [-0.2, 0) is 12.3 Å². The molecule has 1 atom stereocenters. The molecular formula is C24H21F5N2S. The number of nitrogens with one attached hydrogen (secondary N) is 1. The SMILES string of the molecule is C#Cc1ccc(C(C)(F)F)c(CCC(C)(C#N)NC(=C)c2ccc(SC(F)(F)F)cc2)c1. The molecule has 2 aromatic carbocycles. The summed E-state index contributed by atoms with van der Waals surface area (Å²) >= 11 is -0.227. The molecule has 1 unspecified atom stereocenters. The minimum atomic E-state index is -4.39. The first kappa shape index (κ1) is 25.3. The minimum absolute atomic E-state index is 0.0264. The number of alkyl halides is 5. The van der Waals surface area contributed by atoms with Crippen LogP contribution < -0.4 is 5.32 Å². The summed E-state index contributed by atoms with van der Waals surface area (Å²) in [6.45, 7) is 6.26. The lowest BCUT2D eigenvalue weighted by molar-refractivity contribution is -0.0328. The molecule has 32 heavy (non-hydrogen) atoms. The second-order valence-electron chi connectivity index (χ2n) is 7.52. The normalized spacial score (nSPS) is 13.5. The standard InChI is InChI=1S/C24H21F5N2S/c1-5-17-6-11-21(23(4,25)26)19(14-17)12-13-22(3,15-30)31-16(2)18-7-9-20(10-8-18)32-24(27,28)29/h1,6-11,14,31H,2,12-13H2,3-4H3. The molecule has 0 heterocycles. The maximum Gasteiger partial charge on any atom is 0.446 e. The Balaban J connectivity index is 2.16. The fourth-order valence-corrected chi connectivity index (χ4v) is 3.65. The number of aryl methyl sites for hydroxylation is 1. The Kier molecular flexibility index (Phi) is 7.64. The van der Waals surface area contributed by atoms with Crippen molar-refractivity contribution in [2.75, 3.05) is 0 Å². The number of hydrogen-bond acceptors (Lipinski definition) is 3. The van der Waals surface area contributed by atoms with E-state index in [1.807, 2.05) is 0 Å². The molecule has 0 fully saturated rings. The van der Waals surface area contributed by atoms with Crippen LogP contribution in [0.4, 0.5) is 22.0 Å². The van der Waals surface area contributed by atoms with Crippen LogP contribution >= 0.6 is 11.8 Å². The molecule has 0 saturated heterocycles. The zero-order chi connectivity index (χ0) is 24.2. The average molecular weight is 465 g/mol. The smallest absolute Gasteiger partial charge is 0.368 e. The van der Waals surface area contributed by atoms with Crippen LogP contribution in [0.5, 0.6) is 0 Å². The van der Waals surface area contributed by atoms with Crippen molar-refractivity contribution in [2.24, 2.45) is 0 Å². The Morgan fingerprint density at radius 1 is 1.09 bits per heavy atom. The maximum atomic E-state index is 14.0. The van der Waals surface area contributed by atoms with Gasteiger partial charge in [0.15, 0.2) is 0 Å². The van der Waals surface area contributed by atoms with Crippen molar-refractivity contribution in [1.82, 2.24) is 5.32 Å². The molecule has 0 radical (unpaired) electrons. The number of rotatable bonds is 8. The zero-order valence-corrected chi connectivity index (χ0v) is 18.3. The highest BCUT2D eigenvalue weighted by molar-refractivity contribution is 8.00. The van der Waals surface area contributed by atoms with Crippen molar-refractivity contribution in [3.63, 3.8) is 0 Å². The van der Waals surface area contributed by atoms with Crippen LogP contribution in [0, 0.1) is 23.7 Å². The van der Waals surface area contributed by atoms with Crippen LogP contribution in [-0.4, -0.2) is 11.0 Å². The van der Waals surface area contributed by atoms with Gasteiger partial charge in [0.1, 0.15) is 5.54 Å². The third-order valence-corrected chi connectivity index (χ3v) is 5.49. The third-order valence-electron chi connectivity index (χ3n) is 4.75. The highest BCUT2D eigenvalue weighted by Gasteiger charge is 2.31. The Bertz CT molecular complexity index is 1060. The molecule has 2 rings (SSSR count). The van der Waals surface area contributed by atoms with Gasteiger partial charge in [-0.05, 0) is 66.9 Å². The molecule has 0 spiro atoms. The highest BCUT2D eigenvalue weighted by Crippen LogP contribution is 2.37. The van der Waals surface area contributed by atoms with E-state index in [2.05, 4.69) is 23.9 Å². The average Bonchev–Trinajstić information content (AvgIpc) is 2.70. The molecule has 0 amide bonds. The number of benzene rings is 2. The second-order valence-corrected chi connectivity index (χ2v) is 8.66. The molecule has 2 aromatic rings. The molecule has 168 valence electrons. The predicted molar refractivity (Wildman–Crippen MR) is 117 cm³/mol. The molecule has 0 aliphatic rings. The van der Waals surface area contributed by atoms with Gasteiger partial charge < -0.3 is 5.32 Å². The third kappa shape index (κ3) is 7.03. The quantitative estimate of drug-likeness (QED) is 0.263. The van der Waals surface area contributed by atoms with Gasteiger partial charge in [0.25, 0.3) is 5.92 Å². The minimum Gasteiger partial charge on any atom is -0.368 e. The fourth-order valence-electron chi connectivity index (χ4n) is 3.11. The number of nitriles is 1. The van der Waals surface area contributed by atoms with E-state index in [9.17, 15) is 27.2 Å². The van der Waals surface area contributed by atoms with Gasteiger partial charge in [-0.25, -0.2) is 8.78 Å². The number of halogens is 5. The first-order valence-electron chi connectivity index (χ1n) is 9.49. The summed E-state index contributed by atoms with van der Waals surface area (Å²) in [5.41, 5.74) is -4.07. The summed E-state index contributed by atoms with van der Waals surface area (Å²) in [6.07, 6.45) is 5.70. The van der Waals surface area contributed by atoms with Crippen LogP contribution in [0.2, 0.25) is 0 Å². The zero-order valence-electron chi connectivity index (χ0n) is 17.5. The van der Waals surface area contributed by atoms with E-state index in [0.29, 0.717) is 22.4 Å². The number of thioether (sulfide) groups is 1. The van der Waals surface area contributed by atoms with E-state index in [0.717, 1.165) is 6.92 Å². The summed E-state index contributed by atoms with van der Waals surface area (Å²) in [5.74, 6) is -0.653. The number of nitrogens with zero attached hydrogens (tertiary/aromatic N) is 1.